The average Bonchev–Trinajstić information content (AvgIpc) is 3.17. The first-order chi connectivity index (χ1) is 16.4. The molecule has 7 heteroatoms. The summed E-state index contributed by atoms with van der Waals surface area (Å²) in [4.78, 5) is 26.8. The monoisotopic (exact) mass is 457 g/mol. The van der Waals surface area contributed by atoms with Crippen molar-refractivity contribution in [3.63, 3.8) is 0 Å². The Hall–Kier alpha value is -4.10. The molecule has 0 unspecified atom stereocenters. The number of likely N-dealkylation sites (N-methyl/N-ethyl adjacent to an activating group) is 1. The Labute approximate surface area is 199 Å². The number of methoxy groups -OCH3 is 1. The van der Waals surface area contributed by atoms with Crippen molar-refractivity contribution in [2.75, 3.05) is 38.4 Å². The van der Waals surface area contributed by atoms with Crippen LogP contribution in [0.5, 0.6) is 5.75 Å². The molecule has 1 amide bonds. The van der Waals surface area contributed by atoms with Gasteiger partial charge in [-0.1, -0.05) is 42.5 Å². The molecular weight excluding hydrogens is 430 g/mol. The second kappa shape index (κ2) is 10.2. The molecule has 0 spiro atoms. The Morgan fingerprint density at radius 1 is 1.00 bits per heavy atom. The summed E-state index contributed by atoms with van der Waals surface area (Å²) in [5, 5.41) is 6.35. The maximum atomic E-state index is 13.1. The molecule has 3 aromatic rings. The van der Waals surface area contributed by atoms with Crippen molar-refractivity contribution in [1.29, 1.82) is 0 Å². The highest BCUT2D eigenvalue weighted by molar-refractivity contribution is 6.37. The van der Waals surface area contributed by atoms with Gasteiger partial charge in [0.25, 0.3) is 5.91 Å². The van der Waals surface area contributed by atoms with Crippen LogP contribution in [0.4, 0.5) is 16.2 Å². The molecule has 174 valence electrons. The molecule has 7 nitrogen and oxygen atoms in total. The number of ether oxygens (including phenoxy) is 2. The molecular formula is C27H27N3O4. The normalized spacial score (nSPS) is 13.8. The van der Waals surface area contributed by atoms with E-state index in [0.717, 1.165) is 24.2 Å². The topological polar surface area (TPSA) is 79.9 Å². The maximum absolute atomic E-state index is 13.1. The molecule has 0 atom stereocenters. The van der Waals surface area contributed by atoms with E-state index in [9.17, 15) is 9.59 Å². The van der Waals surface area contributed by atoms with E-state index in [4.69, 9.17) is 4.74 Å². The Morgan fingerprint density at radius 3 is 2.41 bits per heavy atom. The summed E-state index contributed by atoms with van der Waals surface area (Å²) >= 11 is 0. The number of nitrogens with zero attached hydrogens (tertiary/aromatic N) is 1. The number of amides is 1. The summed E-state index contributed by atoms with van der Waals surface area (Å²) in [6.45, 7) is 0.971. The van der Waals surface area contributed by atoms with Gasteiger partial charge in [-0.3, -0.25) is 4.79 Å². The number of hydrogen-bond acceptors (Lipinski definition) is 6. The van der Waals surface area contributed by atoms with Crippen LogP contribution in [0.15, 0.2) is 72.8 Å². The van der Waals surface area contributed by atoms with Gasteiger partial charge in [0.05, 0.1) is 18.4 Å². The van der Waals surface area contributed by atoms with Gasteiger partial charge in [0.15, 0.2) is 0 Å². The number of benzene rings is 3. The lowest BCUT2D eigenvalue weighted by Crippen LogP contribution is -2.15. The third-order valence-electron chi connectivity index (χ3n) is 5.49. The molecule has 3 aromatic carbocycles. The molecule has 0 aliphatic carbocycles. The van der Waals surface area contributed by atoms with E-state index in [1.54, 1.807) is 18.2 Å². The van der Waals surface area contributed by atoms with E-state index in [0.29, 0.717) is 22.5 Å². The van der Waals surface area contributed by atoms with Crippen molar-refractivity contribution < 1.29 is 19.1 Å². The first-order valence-electron chi connectivity index (χ1n) is 11.0. The molecule has 0 radical (unpaired) electrons. The molecule has 0 fully saturated rings. The van der Waals surface area contributed by atoms with Gasteiger partial charge < -0.3 is 25.0 Å². The van der Waals surface area contributed by atoms with Crippen LogP contribution in [0, 0.1) is 0 Å². The van der Waals surface area contributed by atoms with Gasteiger partial charge in [-0.25, -0.2) is 4.79 Å². The third-order valence-corrected chi connectivity index (χ3v) is 5.49. The minimum absolute atomic E-state index is 0.237. The average molecular weight is 458 g/mol. The second-order valence-corrected chi connectivity index (χ2v) is 8.21. The molecule has 0 bridgehead atoms. The van der Waals surface area contributed by atoms with E-state index < -0.39 is 6.16 Å². The highest BCUT2D eigenvalue weighted by Crippen LogP contribution is 2.39. The summed E-state index contributed by atoms with van der Waals surface area (Å²) in [6.07, 6.45) is 0.136. The zero-order valence-electron chi connectivity index (χ0n) is 19.4. The number of carbonyl (C=O) groups is 2. The van der Waals surface area contributed by atoms with Gasteiger partial charge in [0, 0.05) is 23.5 Å². The fourth-order valence-corrected chi connectivity index (χ4v) is 3.73. The van der Waals surface area contributed by atoms with Crippen LogP contribution in [0.3, 0.4) is 0 Å². The Balaban J connectivity index is 1.74. The Bertz CT molecular complexity index is 1220. The smallest absolute Gasteiger partial charge is 0.437 e. The van der Waals surface area contributed by atoms with Gasteiger partial charge >= 0.3 is 6.16 Å². The molecule has 1 heterocycles. The number of carbonyl (C=O) groups excluding carboxylic acids is 2. The zero-order chi connectivity index (χ0) is 24.1. The molecule has 0 aromatic heterocycles. The standard InChI is InChI=1S/C27H27N3O4/c1-30(2)16-15-18-9-11-20(12-10-18)28-25(19-7-5-4-6-8-19)24-22-17-21(34-27(32)33-3)13-14-23(22)29-26(24)31/h4-14,17,28H,15-16H2,1-3H3,(H,29,31)/b25-24-. The first kappa shape index (κ1) is 23.1. The lowest BCUT2D eigenvalue weighted by molar-refractivity contribution is -0.110. The van der Waals surface area contributed by atoms with Crippen molar-refractivity contribution in [3.8, 4) is 5.75 Å². The number of nitrogens with one attached hydrogen (secondary N) is 2. The number of rotatable bonds is 7. The molecule has 1 aliphatic heterocycles. The molecule has 4 rings (SSSR count). The number of fused-ring (bicyclic) bond motifs is 1. The highest BCUT2D eigenvalue weighted by Gasteiger charge is 2.29. The molecule has 34 heavy (non-hydrogen) atoms. The van der Waals surface area contributed by atoms with Crippen molar-refractivity contribution in [2.24, 2.45) is 0 Å². The van der Waals surface area contributed by atoms with Crippen LogP contribution in [0.2, 0.25) is 0 Å². The molecule has 1 aliphatic rings. The van der Waals surface area contributed by atoms with Crippen LogP contribution in [0.1, 0.15) is 16.7 Å². The van der Waals surface area contributed by atoms with Crippen LogP contribution in [-0.4, -0.2) is 44.7 Å². The lowest BCUT2D eigenvalue weighted by atomic mass is 9.99. The molecule has 2 N–H and O–H groups in total. The summed E-state index contributed by atoms with van der Waals surface area (Å²) in [5.41, 5.74) is 5.37. The predicted molar refractivity (Wildman–Crippen MR) is 134 cm³/mol. The van der Waals surface area contributed by atoms with Gasteiger partial charge in [-0.05, 0) is 62.0 Å². The SMILES string of the molecule is COC(=O)Oc1ccc2c(c1)/C(=C(/Nc1ccc(CCN(C)C)cc1)c1ccccc1)C(=O)N2. The van der Waals surface area contributed by atoms with Gasteiger partial charge in [-0.2, -0.15) is 0 Å². The van der Waals surface area contributed by atoms with Crippen molar-refractivity contribution in [1.82, 2.24) is 4.90 Å². The van der Waals surface area contributed by atoms with Crippen molar-refractivity contribution in [3.05, 3.63) is 89.5 Å². The van der Waals surface area contributed by atoms with E-state index in [1.807, 2.05) is 42.5 Å². The van der Waals surface area contributed by atoms with Crippen LogP contribution in [-0.2, 0) is 16.0 Å². The summed E-state index contributed by atoms with van der Waals surface area (Å²) in [7, 11) is 5.36. The summed E-state index contributed by atoms with van der Waals surface area (Å²) in [5.74, 6) is 0.0523. The second-order valence-electron chi connectivity index (χ2n) is 8.21. The largest absolute Gasteiger partial charge is 0.513 e. The van der Waals surface area contributed by atoms with E-state index in [1.165, 1.54) is 12.7 Å². The zero-order valence-corrected chi connectivity index (χ0v) is 19.4. The molecule has 0 saturated heterocycles. The third kappa shape index (κ3) is 5.27. The Kier molecular flexibility index (Phi) is 6.94. The number of anilines is 2. The van der Waals surface area contributed by atoms with Crippen LogP contribution in [0.25, 0.3) is 11.3 Å². The van der Waals surface area contributed by atoms with Crippen molar-refractivity contribution in [2.45, 2.75) is 6.42 Å². The Morgan fingerprint density at radius 2 is 1.74 bits per heavy atom. The van der Waals surface area contributed by atoms with Crippen LogP contribution >= 0.6 is 0 Å². The number of hydrogen-bond donors (Lipinski definition) is 2. The molecule has 0 saturated carbocycles. The summed E-state index contributed by atoms with van der Waals surface area (Å²) in [6, 6.07) is 22.8. The first-order valence-corrected chi connectivity index (χ1v) is 11.0. The van der Waals surface area contributed by atoms with E-state index in [-0.39, 0.29) is 11.7 Å². The minimum atomic E-state index is -0.821. The minimum Gasteiger partial charge on any atom is -0.437 e. The fraction of sp³-hybridized carbons (Fsp3) is 0.185. The van der Waals surface area contributed by atoms with Gasteiger partial charge in [-0.15, -0.1) is 0 Å². The van der Waals surface area contributed by atoms with Gasteiger partial charge in [0.2, 0.25) is 0 Å². The fourth-order valence-electron chi connectivity index (χ4n) is 3.73. The predicted octanol–water partition coefficient (Wildman–Crippen LogP) is 4.87. The van der Waals surface area contributed by atoms with Crippen LogP contribution < -0.4 is 15.4 Å². The quantitative estimate of drug-likeness (QED) is 0.299. The highest BCUT2D eigenvalue weighted by atomic mass is 16.7. The van der Waals surface area contributed by atoms with E-state index in [2.05, 4.69) is 46.5 Å². The van der Waals surface area contributed by atoms with Crippen molar-refractivity contribution >= 4 is 34.7 Å². The van der Waals surface area contributed by atoms with E-state index >= 15 is 0 Å². The summed E-state index contributed by atoms with van der Waals surface area (Å²) < 4.78 is 9.77. The lowest BCUT2D eigenvalue weighted by Gasteiger charge is -2.16. The van der Waals surface area contributed by atoms with Gasteiger partial charge in [0.1, 0.15) is 5.75 Å². The maximum Gasteiger partial charge on any atom is 0.513 e.